The lowest BCUT2D eigenvalue weighted by atomic mass is 10.0. The molecule has 1 unspecified atom stereocenters. The van der Waals surface area contributed by atoms with E-state index in [4.69, 9.17) is 10.1 Å². The zero-order valence-corrected chi connectivity index (χ0v) is 20.3. The van der Waals surface area contributed by atoms with Gasteiger partial charge in [0.2, 0.25) is 5.91 Å². The van der Waals surface area contributed by atoms with E-state index in [0.717, 1.165) is 33.3 Å². The molecule has 0 aliphatic carbocycles. The smallest absolute Gasteiger partial charge is 0.224 e. The van der Waals surface area contributed by atoms with E-state index in [9.17, 15) is 4.79 Å². The summed E-state index contributed by atoms with van der Waals surface area (Å²) in [6.45, 7) is 0. The van der Waals surface area contributed by atoms with Crippen molar-refractivity contribution in [1.29, 1.82) is 5.41 Å². The summed E-state index contributed by atoms with van der Waals surface area (Å²) in [6.07, 6.45) is 0.900. The van der Waals surface area contributed by atoms with E-state index in [1.165, 1.54) is 11.3 Å². The Bertz CT molecular complexity index is 1220. The molecule has 0 aliphatic rings. The molecule has 1 heterocycles. The van der Waals surface area contributed by atoms with Gasteiger partial charge < -0.3 is 20.7 Å². The van der Waals surface area contributed by atoms with Crippen molar-refractivity contribution in [3.63, 3.8) is 0 Å². The number of carbonyl (C=O) groups is 1. The summed E-state index contributed by atoms with van der Waals surface area (Å²) in [5, 5.41) is 19.9. The van der Waals surface area contributed by atoms with Gasteiger partial charge in [-0.15, -0.1) is 11.3 Å². The van der Waals surface area contributed by atoms with E-state index in [1.807, 2.05) is 96.4 Å². The summed E-state index contributed by atoms with van der Waals surface area (Å²) in [7, 11) is 1.64. The molecule has 4 N–H and O–H groups in total. The number of benzene rings is 3. The van der Waals surface area contributed by atoms with Crippen molar-refractivity contribution in [1.82, 2.24) is 5.32 Å². The van der Waals surface area contributed by atoms with Crippen LogP contribution >= 0.6 is 11.3 Å². The van der Waals surface area contributed by atoms with Crippen molar-refractivity contribution in [2.75, 3.05) is 17.7 Å². The normalized spacial score (nSPS) is 11.3. The number of carbonyl (C=O) groups excluding carboxylic acids is 1. The molecule has 35 heavy (non-hydrogen) atoms. The second-order valence-corrected chi connectivity index (χ2v) is 8.93. The molecule has 1 atom stereocenters. The summed E-state index contributed by atoms with van der Waals surface area (Å²) in [5.41, 5.74) is 3.67. The number of rotatable bonds is 10. The Balaban J connectivity index is 1.32. The van der Waals surface area contributed by atoms with E-state index in [1.54, 1.807) is 7.11 Å². The van der Waals surface area contributed by atoms with Crippen LogP contribution < -0.4 is 20.7 Å². The van der Waals surface area contributed by atoms with Crippen LogP contribution in [-0.2, 0) is 4.79 Å². The Hall–Kier alpha value is -4.10. The van der Waals surface area contributed by atoms with Crippen molar-refractivity contribution in [2.24, 2.45) is 0 Å². The molecule has 7 heteroatoms. The average molecular weight is 485 g/mol. The minimum Gasteiger partial charge on any atom is -0.497 e. The Morgan fingerprint density at radius 2 is 1.54 bits per heavy atom. The molecule has 4 rings (SSSR count). The topological polar surface area (TPSA) is 86.2 Å². The van der Waals surface area contributed by atoms with Crippen LogP contribution in [0.3, 0.4) is 0 Å². The maximum absolute atomic E-state index is 12.7. The van der Waals surface area contributed by atoms with E-state index in [2.05, 4.69) is 16.0 Å². The molecule has 0 bridgehead atoms. The Morgan fingerprint density at radius 3 is 2.17 bits per heavy atom. The molecule has 6 nitrogen and oxygen atoms in total. The van der Waals surface area contributed by atoms with Crippen molar-refractivity contribution < 1.29 is 9.53 Å². The maximum atomic E-state index is 12.7. The minimum atomic E-state index is -0.132. The Morgan fingerprint density at radius 1 is 0.886 bits per heavy atom. The number of anilines is 3. The van der Waals surface area contributed by atoms with Crippen molar-refractivity contribution >= 4 is 40.1 Å². The number of thiophene rings is 1. The maximum Gasteiger partial charge on any atom is 0.224 e. The van der Waals surface area contributed by atoms with Gasteiger partial charge in [0.25, 0.3) is 0 Å². The standard InChI is InChI=1S/C28H28N4O2S/c1-34-24-15-13-22(14-16-24)30-21-9-11-23(12-10-21)31-27(33)18-17-25(20-6-3-2-4-7-20)32-28(29)26-8-5-19-35-26/h2-16,19,25,30H,17-18H2,1H3,(H2,29,32)(H,31,33). The summed E-state index contributed by atoms with van der Waals surface area (Å²) < 4.78 is 5.19. The first-order valence-corrected chi connectivity index (χ1v) is 12.2. The number of hydrogen-bond donors (Lipinski definition) is 4. The van der Waals surface area contributed by atoms with Gasteiger partial charge in [-0.25, -0.2) is 0 Å². The second kappa shape index (κ2) is 11.9. The predicted molar refractivity (Wildman–Crippen MR) is 144 cm³/mol. The molecule has 3 aromatic carbocycles. The largest absolute Gasteiger partial charge is 0.497 e. The third-order valence-corrected chi connectivity index (χ3v) is 6.38. The van der Waals surface area contributed by atoms with E-state index < -0.39 is 0 Å². The molecular weight excluding hydrogens is 456 g/mol. The molecule has 0 spiro atoms. The molecule has 4 aromatic rings. The molecule has 1 aromatic heterocycles. The monoisotopic (exact) mass is 484 g/mol. The summed E-state index contributed by atoms with van der Waals surface area (Å²) in [4.78, 5) is 13.6. The van der Waals surface area contributed by atoms with Crippen LogP contribution in [0.25, 0.3) is 0 Å². The Labute approximate surface area is 209 Å². The van der Waals surface area contributed by atoms with Crippen LogP contribution in [-0.4, -0.2) is 18.9 Å². The van der Waals surface area contributed by atoms with Gasteiger partial charge in [0.15, 0.2) is 0 Å². The molecule has 1 amide bonds. The Kier molecular flexibility index (Phi) is 8.14. The quantitative estimate of drug-likeness (QED) is 0.151. The fourth-order valence-electron chi connectivity index (χ4n) is 3.65. The second-order valence-electron chi connectivity index (χ2n) is 7.98. The molecule has 0 saturated carbocycles. The summed E-state index contributed by atoms with van der Waals surface area (Å²) in [6, 6.07) is 29.0. The first kappa shape index (κ1) is 24.0. The van der Waals surface area contributed by atoms with E-state index in [-0.39, 0.29) is 11.9 Å². The highest BCUT2D eigenvalue weighted by atomic mass is 32.1. The van der Waals surface area contributed by atoms with Crippen molar-refractivity contribution in [3.05, 3.63) is 107 Å². The zero-order valence-electron chi connectivity index (χ0n) is 19.5. The summed E-state index contributed by atoms with van der Waals surface area (Å²) in [5.74, 6) is 1.11. The van der Waals surface area contributed by atoms with Gasteiger partial charge in [0.05, 0.1) is 18.0 Å². The number of hydrogen-bond acceptors (Lipinski definition) is 5. The van der Waals surface area contributed by atoms with Gasteiger partial charge >= 0.3 is 0 Å². The fourth-order valence-corrected chi connectivity index (χ4v) is 4.29. The molecule has 0 saturated heterocycles. The first-order chi connectivity index (χ1) is 17.1. The van der Waals surface area contributed by atoms with Gasteiger partial charge in [0.1, 0.15) is 11.6 Å². The third kappa shape index (κ3) is 6.94. The van der Waals surface area contributed by atoms with Crippen LogP contribution in [0.2, 0.25) is 0 Å². The lowest BCUT2D eigenvalue weighted by molar-refractivity contribution is -0.116. The number of nitrogens with one attached hydrogen (secondary N) is 4. The lowest BCUT2D eigenvalue weighted by Crippen LogP contribution is -2.29. The van der Waals surface area contributed by atoms with Gasteiger partial charge in [-0.3, -0.25) is 10.2 Å². The fraction of sp³-hybridized carbons (Fsp3) is 0.143. The molecule has 0 fully saturated rings. The number of methoxy groups -OCH3 is 1. The highest BCUT2D eigenvalue weighted by molar-refractivity contribution is 7.12. The van der Waals surface area contributed by atoms with Crippen LogP contribution in [0.4, 0.5) is 17.1 Å². The van der Waals surface area contributed by atoms with Gasteiger partial charge in [0, 0.05) is 23.5 Å². The van der Waals surface area contributed by atoms with Crippen LogP contribution in [0.5, 0.6) is 5.75 Å². The lowest BCUT2D eigenvalue weighted by Gasteiger charge is -2.20. The van der Waals surface area contributed by atoms with E-state index >= 15 is 0 Å². The first-order valence-electron chi connectivity index (χ1n) is 11.4. The third-order valence-electron chi connectivity index (χ3n) is 5.50. The van der Waals surface area contributed by atoms with Crippen molar-refractivity contribution in [2.45, 2.75) is 18.9 Å². The van der Waals surface area contributed by atoms with Crippen molar-refractivity contribution in [3.8, 4) is 5.75 Å². The number of ether oxygens (including phenoxy) is 1. The van der Waals surface area contributed by atoms with Gasteiger partial charge in [-0.05, 0) is 72.0 Å². The zero-order chi connectivity index (χ0) is 24.5. The van der Waals surface area contributed by atoms with Crippen LogP contribution in [0, 0.1) is 5.41 Å². The minimum absolute atomic E-state index is 0.0637. The molecule has 0 aliphatic heterocycles. The molecule has 178 valence electrons. The van der Waals surface area contributed by atoms with Gasteiger partial charge in [-0.2, -0.15) is 0 Å². The number of amides is 1. The number of amidine groups is 1. The van der Waals surface area contributed by atoms with Crippen LogP contribution in [0.1, 0.15) is 29.3 Å². The average Bonchev–Trinajstić information content (AvgIpc) is 3.44. The summed E-state index contributed by atoms with van der Waals surface area (Å²) >= 11 is 1.52. The SMILES string of the molecule is COc1ccc(Nc2ccc(NC(=O)CCC(NC(=N)c3cccs3)c3ccccc3)cc2)cc1. The molecular formula is C28H28N4O2S. The van der Waals surface area contributed by atoms with Crippen LogP contribution in [0.15, 0.2) is 96.4 Å². The predicted octanol–water partition coefficient (Wildman–Crippen LogP) is 6.58. The highest BCUT2D eigenvalue weighted by Crippen LogP contribution is 2.23. The molecule has 0 radical (unpaired) electrons. The van der Waals surface area contributed by atoms with Gasteiger partial charge in [-0.1, -0.05) is 36.4 Å². The van der Waals surface area contributed by atoms with E-state index in [0.29, 0.717) is 18.7 Å². The highest BCUT2D eigenvalue weighted by Gasteiger charge is 2.16.